The number of nitrogens with zero attached hydrogens (tertiary/aromatic N) is 1. The molecule has 11 nitrogen and oxygen atoms in total. The molecule has 1 N–H and O–H groups in total. The maximum atomic E-state index is 13.0. The number of carbonyl (C=O) groups is 4. The summed E-state index contributed by atoms with van der Waals surface area (Å²) in [7, 11) is -4.66. The third kappa shape index (κ3) is 24.8. The molecule has 0 aromatic rings. The van der Waals surface area contributed by atoms with Crippen LogP contribution in [0.5, 0.6) is 0 Å². The minimum absolute atomic E-state index is 0.174. The van der Waals surface area contributed by atoms with Gasteiger partial charge >= 0.3 is 25.7 Å². The first-order valence-electron chi connectivity index (χ1n) is 19.5. The van der Waals surface area contributed by atoms with Gasteiger partial charge in [0.2, 0.25) is 5.91 Å². The molecule has 0 aromatic heterocycles. The Kier molecular flexibility index (Phi) is 27.3. The fraction of sp³-hybridized carbons (Fsp3) is 0.892. The van der Waals surface area contributed by atoms with E-state index in [0.717, 1.165) is 38.5 Å². The Morgan fingerprint density at radius 1 is 0.694 bits per heavy atom. The van der Waals surface area contributed by atoms with E-state index in [4.69, 9.17) is 18.7 Å². The number of unbranched alkanes of at least 4 members (excludes halogenated alkanes) is 20. The Balaban J connectivity index is 2.48. The number of rotatable bonds is 31. The number of ether oxygens (including phenoxy) is 3. The van der Waals surface area contributed by atoms with Crippen LogP contribution in [0.3, 0.4) is 0 Å². The monoisotopic (exact) mass is 717 g/mol. The fourth-order valence-electron chi connectivity index (χ4n) is 5.78. The predicted octanol–water partition coefficient (Wildman–Crippen LogP) is 9.13. The largest absolute Gasteiger partial charge is 0.464 e. The average molecular weight is 718 g/mol. The van der Waals surface area contributed by atoms with E-state index in [0.29, 0.717) is 17.5 Å². The van der Waals surface area contributed by atoms with Crippen molar-refractivity contribution in [2.75, 3.05) is 26.4 Å². The number of hydrogen-bond acceptors (Lipinski definition) is 9. The Morgan fingerprint density at radius 2 is 1.14 bits per heavy atom. The van der Waals surface area contributed by atoms with Crippen LogP contribution < -0.4 is 0 Å². The SMILES string of the molecule is CCCCCCCCCCCCCC(=O)OC[C@H](COP(=O)(O)N1CCOC(=O)CCC1=O)OC(=O)CCCCCCCCCCCCC. The molecule has 1 fully saturated rings. The van der Waals surface area contributed by atoms with Gasteiger partial charge in [-0.1, -0.05) is 142 Å². The van der Waals surface area contributed by atoms with Gasteiger partial charge in [-0.15, -0.1) is 0 Å². The molecule has 12 heteroatoms. The summed E-state index contributed by atoms with van der Waals surface area (Å²) >= 11 is 0. The zero-order valence-electron chi connectivity index (χ0n) is 30.8. The molecule has 2 atom stereocenters. The molecule has 0 radical (unpaired) electrons. The fourth-order valence-corrected chi connectivity index (χ4v) is 7.00. The Bertz CT molecular complexity index is 946. The highest BCUT2D eigenvalue weighted by Crippen LogP contribution is 2.47. The molecule has 0 aromatic carbocycles. The standard InChI is InChI=1S/C37H68NO10P/c1-3-5-7-9-11-13-15-17-19-21-23-25-35(40)46-31-33(32-47-49(43,44)38-29-30-45-36(41)28-27-34(38)39)48-37(42)26-24-22-20-18-16-14-12-10-8-6-4-2/h33H,3-32H2,1-2H3,(H,43,44)/t33-/m1/s1. The van der Waals surface area contributed by atoms with Crippen molar-refractivity contribution in [3.05, 3.63) is 0 Å². The van der Waals surface area contributed by atoms with Gasteiger partial charge in [0.25, 0.3) is 0 Å². The predicted molar refractivity (Wildman–Crippen MR) is 191 cm³/mol. The summed E-state index contributed by atoms with van der Waals surface area (Å²) in [5.41, 5.74) is 0. The molecule has 1 saturated heterocycles. The van der Waals surface area contributed by atoms with Crippen LogP contribution in [-0.2, 0) is 42.5 Å². The lowest BCUT2D eigenvalue weighted by Gasteiger charge is -2.29. The van der Waals surface area contributed by atoms with Crippen molar-refractivity contribution in [3.8, 4) is 0 Å². The van der Waals surface area contributed by atoms with Crippen LogP contribution in [0, 0.1) is 0 Å². The highest BCUT2D eigenvalue weighted by Gasteiger charge is 2.36. The number of cyclic esters (lactones) is 1. The van der Waals surface area contributed by atoms with Crippen LogP contribution in [0.1, 0.15) is 181 Å². The van der Waals surface area contributed by atoms with E-state index in [1.54, 1.807) is 0 Å². The van der Waals surface area contributed by atoms with Gasteiger partial charge in [-0.2, -0.15) is 0 Å². The Hall–Kier alpha value is -1.97. The van der Waals surface area contributed by atoms with Gasteiger partial charge < -0.3 is 19.1 Å². The second kappa shape index (κ2) is 29.7. The summed E-state index contributed by atoms with van der Waals surface area (Å²) in [5, 5.41) is 0. The van der Waals surface area contributed by atoms with Gasteiger partial charge in [0, 0.05) is 19.3 Å². The minimum atomic E-state index is -4.66. The van der Waals surface area contributed by atoms with Gasteiger partial charge in [0.1, 0.15) is 13.2 Å². The van der Waals surface area contributed by atoms with Gasteiger partial charge in [-0.3, -0.25) is 23.7 Å². The maximum absolute atomic E-state index is 13.0. The third-order valence-electron chi connectivity index (χ3n) is 8.83. The maximum Gasteiger partial charge on any atom is 0.435 e. The molecule has 0 spiro atoms. The van der Waals surface area contributed by atoms with Crippen molar-refractivity contribution in [3.63, 3.8) is 0 Å². The number of hydrogen-bond donors (Lipinski definition) is 1. The van der Waals surface area contributed by atoms with Crippen molar-refractivity contribution in [1.82, 2.24) is 4.67 Å². The van der Waals surface area contributed by atoms with E-state index in [1.807, 2.05) is 0 Å². The lowest BCUT2D eigenvalue weighted by Crippen LogP contribution is -2.36. The smallest absolute Gasteiger partial charge is 0.435 e. The van der Waals surface area contributed by atoms with E-state index in [-0.39, 0.29) is 45.4 Å². The van der Waals surface area contributed by atoms with Crippen molar-refractivity contribution in [2.45, 2.75) is 187 Å². The third-order valence-corrected chi connectivity index (χ3v) is 10.3. The number of carbonyl (C=O) groups excluding carboxylic acids is 4. The lowest BCUT2D eigenvalue weighted by molar-refractivity contribution is -0.161. The number of esters is 3. The zero-order valence-corrected chi connectivity index (χ0v) is 31.7. The lowest BCUT2D eigenvalue weighted by atomic mass is 10.1. The van der Waals surface area contributed by atoms with Crippen molar-refractivity contribution >= 4 is 31.6 Å². The van der Waals surface area contributed by atoms with E-state index in [1.165, 1.54) is 89.9 Å². The first kappa shape index (κ1) is 45.1. The minimum Gasteiger partial charge on any atom is -0.464 e. The molecule has 49 heavy (non-hydrogen) atoms. The van der Waals surface area contributed by atoms with Crippen LogP contribution in [-0.4, -0.2) is 65.8 Å². The highest BCUT2D eigenvalue weighted by molar-refractivity contribution is 7.51. The van der Waals surface area contributed by atoms with Crippen LogP contribution in [0.2, 0.25) is 0 Å². The van der Waals surface area contributed by atoms with Crippen molar-refractivity contribution in [2.24, 2.45) is 0 Å². The molecule has 1 rings (SSSR count). The molecule has 1 heterocycles. The second-order valence-electron chi connectivity index (χ2n) is 13.4. The summed E-state index contributed by atoms with van der Waals surface area (Å²) in [4.78, 5) is 59.7. The molecule has 1 unspecified atom stereocenters. The number of amides is 1. The summed E-state index contributed by atoms with van der Waals surface area (Å²) in [6, 6.07) is 0. The summed E-state index contributed by atoms with van der Waals surface area (Å²) in [6.07, 6.45) is 24.2. The average Bonchev–Trinajstić information content (AvgIpc) is 3.07. The quantitative estimate of drug-likeness (QED) is 0.0319. The van der Waals surface area contributed by atoms with Crippen molar-refractivity contribution < 1.29 is 47.4 Å². The first-order chi connectivity index (χ1) is 23.7. The van der Waals surface area contributed by atoms with Gasteiger partial charge in [-0.25, -0.2) is 9.24 Å². The summed E-state index contributed by atoms with van der Waals surface area (Å²) in [6.45, 7) is 3.01. The van der Waals surface area contributed by atoms with Gasteiger partial charge in [0.05, 0.1) is 19.6 Å². The molecule has 0 saturated carbocycles. The van der Waals surface area contributed by atoms with Crippen LogP contribution in [0.4, 0.5) is 0 Å². The van der Waals surface area contributed by atoms with E-state index in [9.17, 15) is 28.6 Å². The van der Waals surface area contributed by atoms with E-state index >= 15 is 0 Å². The normalized spacial score (nSPS) is 15.6. The van der Waals surface area contributed by atoms with Gasteiger partial charge in [0.15, 0.2) is 6.10 Å². The van der Waals surface area contributed by atoms with Crippen molar-refractivity contribution in [1.29, 1.82) is 0 Å². The zero-order chi connectivity index (χ0) is 36.0. The molecule has 286 valence electrons. The van der Waals surface area contributed by atoms with Gasteiger partial charge in [-0.05, 0) is 12.8 Å². The summed E-state index contributed by atoms with van der Waals surface area (Å²) < 4.78 is 34.8. The topological polar surface area (TPSA) is 146 Å². The molecule has 1 aliphatic heterocycles. The second-order valence-corrected chi connectivity index (χ2v) is 15.1. The molecule has 0 aliphatic carbocycles. The highest BCUT2D eigenvalue weighted by atomic mass is 31.2. The Morgan fingerprint density at radius 3 is 1.63 bits per heavy atom. The Labute approximate surface area is 296 Å². The molecule has 1 aliphatic rings. The van der Waals surface area contributed by atoms with Crippen LogP contribution in [0.25, 0.3) is 0 Å². The van der Waals surface area contributed by atoms with E-state index < -0.39 is 44.3 Å². The van der Waals surface area contributed by atoms with E-state index in [2.05, 4.69) is 13.8 Å². The summed E-state index contributed by atoms with van der Waals surface area (Å²) in [5.74, 6) is -2.21. The molecule has 0 bridgehead atoms. The molecular weight excluding hydrogens is 649 g/mol. The van der Waals surface area contributed by atoms with Crippen LogP contribution >= 0.6 is 7.75 Å². The molecule has 1 amide bonds. The molecular formula is C37H68NO10P. The first-order valence-corrected chi connectivity index (χ1v) is 21.0. The van der Waals surface area contributed by atoms with Crippen LogP contribution in [0.15, 0.2) is 0 Å².